The maximum Gasteiger partial charge on any atom is 0.361 e. The number of carboxylic acids is 1. The predicted molar refractivity (Wildman–Crippen MR) is 401 cm³/mol. The van der Waals surface area contributed by atoms with Crippen LogP contribution in [-0.2, 0) is 33.3 Å². The van der Waals surface area contributed by atoms with Crippen LogP contribution < -0.4 is 0 Å². The molecule has 0 spiro atoms. The molecular weight excluding hydrogens is 1150 g/mol. The Labute approximate surface area is 573 Å². The Kier molecular flexibility index (Phi) is 69.6. The molecule has 0 heterocycles. The molecule has 1 N–H and O–H groups in total. The maximum absolute atomic E-state index is 13.0. The molecule has 2 atom stereocenters. The van der Waals surface area contributed by atoms with Gasteiger partial charge in [-0.2, -0.15) is 0 Å². The first kappa shape index (κ1) is 88.4. The Morgan fingerprint density at radius 1 is 0.323 bits per heavy atom. The zero-order chi connectivity index (χ0) is 67.5. The van der Waals surface area contributed by atoms with Crippen molar-refractivity contribution in [2.24, 2.45) is 0 Å². The molecule has 0 bridgehead atoms. The molecule has 0 aromatic heterocycles. The fourth-order valence-corrected chi connectivity index (χ4v) is 10.6. The highest BCUT2D eigenvalue weighted by Crippen LogP contribution is 2.18. The summed E-state index contributed by atoms with van der Waals surface area (Å²) in [6.45, 7) is 4.67. The molecular formula is C84H144NO8+. The van der Waals surface area contributed by atoms with Crippen molar-refractivity contribution in [1.29, 1.82) is 0 Å². The molecule has 0 fully saturated rings. The third-order valence-corrected chi connectivity index (χ3v) is 16.4. The van der Waals surface area contributed by atoms with Crippen LogP contribution in [0.1, 0.15) is 322 Å². The van der Waals surface area contributed by atoms with Crippen LogP contribution in [-0.4, -0.2) is 87.4 Å². The summed E-state index contributed by atoms with van der Waals surface area (Å²) in [5, 5.41) is 9.77. The van der Waals surface area contributed by atoms with Gasteiger partial charge in [-0.25, -0.2) is 4.79 Å². The lowest BCUT2D eigenvalue weighted by molar-refractivity contribution is -0.870. The van der Waals surface area contributed by atoms with Gasteiger partial charge < -0.3 is 28.5 Å². The van der Waals surface area contributed by atoms with Gasteiger partial charge in [-0.1, -0.05) is 334 Å². The van der Waals surface area contributed by atoms with Gasteiger partial charge in [0.05, 0.1) is 34.4 Å². The number of carbonyl (C=O) groups excluding carboxylic acids is 2. The molecule has 93 heavy (non-hydrogen) atoms. The van der Waals surface area contributed by atoms with Gasteiger partial charge in [-0.15, -0.1) is 0 Å². The van der Waals surface area contributed by atoms with Crippen LogP contribution >= 0.6 is 0 Å². The molecule has 9 heteroatoms. The van der Waals surface area contributed by atoms with E-state index >= 15 is 0 Å². The van der Waals surface area contributed by atoms with Gasteiger partial charge >= 0.3 is 17.9 Å². The Bertz CT molecular complexity index is 2000. The van der Waals surface area contributed by atoms with Crippen molar-refractivity contribution in [3.63, 3.8) is 0 Å². The van der Waals surface area contributed by atoms with E-state index in [0.717, 1.165) is 109 Å². The van der Waals surface area contributed by atoms with Gasteiger partial charge in [0, 0.05) is 12.8 Å². The SMILES string of the molecule is CC/C=C\C/C=C\C/C=C\C/C=C\C/C=C\C/C=C\CCCCCCCCCCCCCCCCCCCCCCCCC(=O)OC(COC(=O)CCCCCCCCCCCCC/C=C\C/C=C\C/C=C\C/C=C\C/C=C\CC)COC(OCC[N+](C)(C)C)C(=O)O. The van der Waals surface area contributed by atoms with E-state index in [9.17, 15) is 19.5 Å². The number of hydrogen-bond donors (Lipinski definition) is 1. The van der Waals surface area contributed by atoms with Crippen molar-refractivity contribution in [3.05, 3.63) is 134 Å². The average Bonchev–Trinajstić information content (AvgIpc) is 3.38. The smallest absolute Gasteiger partial charge is 0.361 e. The fourth-order valence-electron chi connectivity index (χ4n) is 10.6. The first-order valence-corrected chi connectivity index (χ1v) is 38.3. The summed E-state index contributed by atoms with van der Waals surface area (Å²) in [5.41, 5.74) is 0. The fraction of sp³-hybridized carbons (Fsp3) is 0.702. The lowest BCUT2D eigenvalue weighted by atomic mass is 10.0. The van der Waals surface area contributed by atoms with Gasteiger partial charge in [0.1, 0.15) is 13.2 Å². The monoisotopic (exact) mass is 1300 g/mol. The van der Waals surface area contributed by atoms with Crippen LogP contribution in [0.4, 0.5) is 0 Å². The number of carbonyl (C=O) groups is 3. The van der Waals surface area contributed by atoms with Crippen molar-refractivity contribution >= 4 is 17.9 Å². The number of esters is 2. The predicted octanol–water partition coefficient (Wildman–Crippen LogP) is 24.5. The number of hydrogen-bond acceptors (Lipinski definition) is 7. The van der Waals surface area contributed by atoms with E-state index in [0.29, 0.717) is 17.4 Å². The normalized spacial score (nSPS) is 13.4. The summed E-state index contributed by atoms with van der Waals surface area (Å²) in [6.07, 6.45) is 103. The summed E-state index contributed by atoms with van der Waals surface area (Å²) in [4.78, 5) is 37.7. The number of ether oxygens (including phenoxy) is 4. The zero-order valence-electron chi connectivity index (χ0n) is 60.9. The standard InChI is InChI=1S/C84H143NO8/c1-6-8-10-12-14-16-18-20-22-24-26-28-30-32-34-35-36-37-38-39-40-41-42-43-44-45-46-47-49-51-53-55-57-59-61-63-65-67-69-71-73-75-82(87)93-80(79-92-84(83(88)89)90-77-76-85(3,4)5)78-91-81(86)74-72-70-68-66-64-62-60-58-56-54-52-50-48-33-31-29-27-25-23-21-19-17-15-13-11-9-7-2/h8-11,14-17,20-23,26-29,32-34,36-37,48,80,84H,6-7,12-13,18-19,24-25,30-31,35,38-47,49-79H2,1-5H3/p+1/b10-8-,11-9-,16-14-,17-15-,22-20-,23-21-,28-26-,29-27-,34-32-,37-36-,48-33-. The number of rotatable bonds is 70. The zero-order valence-corrected chi connectivity index (χ0v) is 60.9. The minimum Gasteiger partial charge on any atom is -0.477 e. The van der Waals surface area contributed by atoms with Crippen molar-refractivity contribution in [3.8, 4) is 0 Å². The second-order valence-electron chi connectivity index (χ2n) is 26.6. The van der Waals surface area contributed by atoms with Crippen molar-refractivity contribution < 1.29 is 42.9 Å². The first-order valence-electron chi connectivity index (χ1n) is 38.3. The molecule has 0 saturated heterocycles. The topological polar surface area (TPSA) is 108 Å². The molecule has 0 rings (SSSR count). The van der Waals surface area contributed by atoms with Crippen LogP contribution in [0.25, 0.3) is 0 Å². The molecule has 9 nitrogen and oxygen atoms in total. The highest BCUT2D eigenvalue weighted by atomic mass is 16.7. The minimum absolute atomic E-state index is 0.184. The number of allylic oxidation sites excluding steroid dienone is 22. The quantitative estimate of drug-likeness (QED) is 0.0211. The van der Waals surface area contributed by atoms with Crippen LogP contribution in [0.15, 0.2) is 134 Å². The van der Waals surface area contributed by atoms with Crippen molar-refractivity contribution in [1.82, 2.24) is 0 Å². The van der Waals surface area contributed by atoms with E-state index in [1.54, 1.807) is 0 Å². The lowest BCUT2D eigenvalue weighted by Crippen LogP contribution is -2.40. The molecule has 0 aliphatic heterocycles. The third kappa shape index (κ3) is 74.7. The number of nitrogens with zero attached hydrogens (tertiary/aromatic N) is 1. The van der Waals surface area contributed by atoms with Gasteiger partial charge in [0.15, 0.2) is 6.10 Å². The Morgan fingerprint density at radius 2 is 0.581 bits per heavy atom. The van der Waals surface area contributed by atoms with Crippen LogP contribution in [0.5, 0.6) is 0 Å². The van der Waals surface area contributed by atoms with E-state index in [1.165, 1.54) is 186 Å². The van der Waals surface area contributed by atoms with Crippen LogP contribution in [0, 0.1) is 0 Å². The molecule has 0 aromatic carbocycles. The lowest BCUT2D eigenvalue weighted by Gasteiger charge is -2.25. The van der Waals surface area contributed by atoms with E-state index in [1.807, 2.05) is 21.1 Å². The third-order valence-electron chi connectivity index (χ3n) is 16.4. The molecule has 532 valence electrons. The molecule has 0 amide bonds. The Hall–Kier alpha value is -4.57. The maximum atomic E-state index is 13.0. The number of likely N-dealkylation sites (N-methyl/N-ethyl adjacent to an activating group) is 1. The van der Waals surface area contributed by atoms with E-state index < -0.39 is 24.3 Å². The Morgan fingerprint density at radius 3 is 0.860 bits per heavy atom. The summed E-state index contributed by atoms with van der Waals surface area (Å²) in [7, 11) is 5.98. The van der Waals surface area contributed by atoms with Gasteiger partial charge in [-0.3, -0.25) is 9.59 Å². The van der Waals surface area contributed by atoms with Crippen molar-refractivity contribution in [2.75, 3.05) is 47.5 Å². The summed E-state index contributed by atoms with van der Waals surface area (Å²) < 4.78 is 23.0. The second kappa shape index (κ2) is 73.2. The minimum atomic E-state index is -1.52. The molecule has 0 saturated carbocycles. The number of unbranched alkanes of at least 4 members (excludes halogenated alkanes) is 33. The van der Waals surface area contributed by atoms with Crippen LogP contribution in [0.3, 0.4) is 0 Å². The molecule has 0 aliphatic rings. The molecule has 0 aliphatic carbocycles. The number of aliphatic carboxylic acids is 1. The molecule has 0 aromatic rings. The van der Waals surface area contributed by atoms with Crippen LogP contribution in [0.2, 0.25) is 0 Å². The van der Waals surface area contributed by atoms with E-state index in [2.05, 4.69) is 148 Å². The van der Waals surface area contributed by atoms with Gasteiger partial charge in [-0.05, 0) is 109 Å². The summed E-state index contributed by atoms with van der Waals surface area (Å²) in [6, 6.07) is 0. The average molecular weight is 1300 g/mol. The van der Waals surface area contributed by atoms with Crippen molar-refractivity contribution in [2.45, 2.75) is 334 Å². The molecule has 0 radical (unpaired) electrons. The summed E-state index contributed by atoms with van der Waals surface area (Å²) >= 11 is 0. The highest BCUT2D eigenvalue weighted by Gasteiger charge is 2.25. The largest absolute Gasteiger partial charge is 0.477 e. The van der Waals surface area contributed by atoms with E-state index in [-0.39, 0.29) is 32.2 Å². The first-order chi connectivity index (χ1) is 45.6. The van der Waals surface area contributed by atoms with E-state index in [4.69, 9.17) is 18.9 Å². The van der Waals surface area contributed by atoms with Gasteiger partial charge in [0.2, 0.25) is 0 Å². The summed E-state index contributed by atoms with van der Waals surface area (Å²) in [5.74, 6) is -2.00. The highest BCUT2D eigenvalue weighted by molar-refractivity contribution is 5.71. The number of quaternary nitrogens is 1. The van der Waals surface area contributed by atoms with Gasteiger partial charge in [0.25, 0.3) is 6.29 Å². The Balaban J connectivity index is 4.02. The second-order valence-corrected chi connectivity index (χ2v) is 26.6. The molecule has 2 unspecified atom stereocenters. The number of carboxylic acid groups (broad SMARTS) is 1.